The molecule has 8 heteroatoms. The molecule has 0 spiro atoms. The van der Waals surface area contributed by atoms with E-state index in [1.165, 1.54) is 36.3 Å². The Morgan fingerprint density at radius 3 is 2.73 bits per heavy atom. The maximum Gasteiger partial charge on any atom is 0.340 e. The molecule has 1 aromatic carbocycles. The second-order valence-electron chi connectivity index (χ2n) is 5.54. The highest BCUT2D eigenvalue weighted by molar-refractivity contribution is 6.16. The van der Waals surface area contributed by atoms with Crippen molar-refractivity contribution in [2.24, 2.45) is 0 Å². The number of benzene rings is 1. The molecule has 1 aliphatic heterocycles. The van der Waals surface area contributed by atoms with Crippen molar-refractivity contribution in [3.63, 3.8) is 0 Å². The van der Waals surface area contributed by atoms with Crippen molar-refractivity contribution in [3.8, 4) is 0 Å². The van der Waals surface area contributed by atoms with E-state index in [0.717, 1.165) is 0 Å². The summed E-state index contributed by atoms with van der Waals surface area (Å²) in [5, 5.41) is 10.9. The van der Waals surface area contributed by atoms with Crippen LogP contribution < -0.4 is 0 Å². The van der Waals surface area contributed by atoms with Gasteiger partial charge in [-0.05, 0) is 25.5 Å². The molecule has 138 valence electrons. The predicted octanol–water partition coefficient (Wildman–Crippen LogP) is 2.30. The maximum atomic E-state index is 12.8. The molecule has 2 rings (SSSR count). The monoisotopic (exact) mass is 360 g/mol. The number of rotatable bonds is 7. The number of carbonyl (C=O) groups excluding carboxylic acids is 2. The summed E-state index contributed by atoms with van der Waals surface area (Å²) >= 11 is 0. The average molecular weight is 360 g/mol. The molecule has 0 fully saturated rings. The van der Waals surface area contributed by atoms with Crippen LogP contribution >= 0.6 is 0 Å². The van der Waals surface area contributed by atoms with Crippen molar-refractivity contribution >= 4 is 23.6 Å². The van der Waals surface area contributed by atoms with Gasteiger partial charge in [-0.25, -0.2) is 4.79 Å². The van der Waals surface area contributed by atoms with E-state index in [9.17, 15) is 19.7 Å². The van der Waals surface area contributed by atoms with Gasteiger partial charge in [0.1, 0.15) is 0 Å². The Morgan fingerprint density at radius 2 is 2.12 bits per heavy atom. The van der Waals surface area contributed by atoms with E-state index < -0.39 is 10.9 Å². The van der Waals surface area contributed by atoms with Gasteiger partial charge in [0.15, 0.2) is 0 Å². The number of nitro groups is 1. The minimum Gasteiger partial charge on any atom is -0.462 e. The third-order valence-corrected chi connectivity index (χ3v) is 3.90. The molecule has 0 aliphatic carbocycles. The number of carbonyl (C=O) groups is 2. The van der Waals surface area contributed by atoms with Crippen LogP contribution in [0.5, 0.6) is 0 Å². The van der Waals surface area contributed by atoms with Crippen LogP contribution in [0, 0.1) is 10.1 Å². The Hall–Kier alpha value is -3.00. The molecule has 0 aromatic heterocycles. The van der Waals surface area contributed by atoms with Gasteiger partial charge in [0.2, 0.25) is 0 Å². The minimum atomic E-state index is -0.602. The van der Waals surface area contributed by atoms with Gasteiger partial charge in [0, 0.05) is 31.5 Å². The first-order valence-corrected chi connectivity index (χ1v) is 8.06. The van der Waals surface area contributed by atoms with Crippen molar-refractivity contribution in [3.05, 3.63) is 56.8 Å². The molecule has 1 heterocycles. The summed E-state index contributed by atoms with van der Waals surface area (Å²) in [5.41, 5.74) is 1.14. The van der Waals surface area contributed by atoms with Gasteiger partial charge >= 0.3 is 5.97 Å². The zero-order chi connectivity index (χ0) is 19.3. The molecule has 0 bridgehead atoms. The highest BCUT2D eigenvalue weighted by Gasteiger charge is 2.36. The smallest absolute Gasteiger partial charge is 0.340 e. The Bertz CT molecular complexity index is 797. The summed E-state index contributed by atoms with van der Waals surface area (Å²) in [6.07, 6.45) is 1.47. The number of nitrogens with zero attached hydrogens (tertiary/aromatic N) is 2. The Kier molecular flexibility index (Phi) is 6.24. The van der Waals surface area contributed by atoms with Crippen LogP contribution in [0.25, 0.3) is 6.08 Å². The van der Waals surface area contributed by atoms with Gasteiger partial charge in [-0.2, -0.15) is 0 Å². The van der Waals surface area contributed by atoms with Crippen LogP contribution in [0.15, 0.2) is 41.1 Å². The summed E-state index contributed by atoms with van der Waals surface area (Å²) in [4.78, 5) is 37.0. The van der Waals surface area contributed by atoms with Gasteiger partial charge in [-0.3, -0.25) is 14.9 Å². The fourth-order valence-electron chi connectivity index (χ4n) is 2.68. The first kappa shape index (κ1) is 19.3. The number of amides is 1. The lowest BCUT2D eigenvalue weighted by molar-refractivity contribution is -0.384. The lowest BCUT2D eigenvalue weighted by Gasteiger charge is -2.16. The largest absolute Gasteiger partial charge is 0.462 e. The molecule has 0 saturated heterocycles. The van der Waals surface area contributed by atoms with Gasteiger partial charge in [-0.1, -0.05) is 12.1 Å². The molecule has 0 atom stereocenters. The Labute approximate surface area is 150 Å². The predicted molar refractivity (Wildman–Crippen MR) is 94.0 cm³/mol. The minimum absolute atomic E-state index is 0.0978. The van der Waals surface area contributed by atoms with Crippen LogP contribution in [-0.2, 0) is 19.1 Å². The molecular formula is C18H20N2O6. The lowest BCUT2D eigenvalue weighted by atomic mass is 10.0. The molecule has 1 aromatic rings. The van der Waals surface area contributed by atoms with Crippen molar-refractivity contribution < 1.29 is 24.0 Å². The van der Waals surface area contributed by atoms with Gasteiger partial charge in [-0.15, -0.1) is 0 Å². The van der Waals surface area contributed by atoms with E-state index in [4.69, 9.17) is 9.47 Å². The van der Waals surface area contributed by atoms with Crippen molar-refractivity contribution in [2.45, 2.75) is 13.8 Å². The molecule has 1 aliphatic rings. The number of nitro benzene ring substituents is 1. The van der Waals surface area contributed by atoms with Crippen molar-refractivity contribution in [1.29, 1.82) is 0 Å². The first-order valence-electron chi connectivity index (χ1n) is 8.06. The molecule has 8 nitrogen and oxygen atoms in total. The number of ether oxygens (including phenoxy) is 2. The second-order valence-corrected chi connectivity index (χ2v) is 5.54. The zero-order valence-corrected chi connectivity index (χ0v) is 14.9. The molecule has 0 N–H and O–H groups in total. The van der Waals surface area contributed by atoms with Gasteiger partial charge < -0.3 is 14.4 Å². The number of hydrogen-bond acceptors (Lipinski definition) is 6. The summed E-state index contributed by atoms with van der Waals surface area (Å²) in [7, 11) is 1.52. The summed E-state index contributed by atoms with van der Waals surface area (Å²) in [6, 6.07) is 5.85. The summed E-state index contributed by atoms with van der Waals surface area (Å²) < 4.78 is 10.1. The normalized spacial score (nSPS) is 15.7. The van der Waals surface area contributed by atoms with Gasteiger partial charge in [0.05, 0.1) is 29.3 Å². The SMILES string of the molecule is CCOC(=O)C1=C(C)N(CCOC)C(=O)/C1=C\c1cccc([N+](=O)[O-])c1. The number of non-ortho nitro benzene ring substituents is 1. The molecule has 1 amide bonds. The van der Waals surface area contributed by atoms with Crippen LogP contribution in [0.1, 0.15) is 19.4 Å². The number of methoxy groups -OCH3 is 1. The van der Waals surface area contributed by atoms with E-state index >= 15 is 0 Å². The molecular weight excluding hydrogens is 340 g/mol. The highest BCUT2D eigenvalue weighted by Crippen LogP contribution is 2.32. The fraction of sp³-hybridized carbons (Fsp3) is 0.333. The molecule has 26 heavy (non-hydrogen) atoms. The summed E-state index contributed by atoms with van der Waals surface area (Å²) in [5.74, 6) is -0.968. The van der Waals surface area contributed by atoms with Crippen molar-refractivity contribution in [2.75, 3.05) is 26.9 Å². The summed E-state index contributed by atoms with van der Waals surface area (Å²) in [6.45, 7) is 4.11. The zero-order valence-electron chi connectivity index (χ0n) is 14.9. The quantitative estimate of drug-likeness (QED) is 0.320. The van der Waals surface area contributed by atoms with E-state index in [0.29, 0.717) is 17.9 Å². The van der Waals surface area contributed by atoms with Crippen LogP contribution in [0.2, 0.25) is 0 Å². The van der Waals surface area contributed by atoms with E-state index in [1.807, 2.05) is 0 Å². The van der Waals surface area contributed by atoms with Crippen molar-refractivity contribution in [1.82, 2.24) is 4.90 Å². The van der Waals surface area contributed by atoms with Gasteiger partial charge in [0.25, 0.3) is 11.6 Å². The third kappa shape index (κ3) is 3.97. The van der Waals surface area contributed by atoms with E-state index in [1.54, 1.807) is 19.9 Å². The molecule has 0 unspecified atom stereocenters. The number of allylic oxidation sites excluding steroid dienone is 1. The first-order chi connectivity index (χ1) is 12.4. The van der Waals surface area contributed by atoms with Crippen LogP contribution in [0.4, 0.5) is 5.69 Å². The number of esters is 1. The Morgan fingerprint density at radius 1 is 1.38 bits per heavy atom. The van der Waals surface area contributed by atoms with E-state index in [-0.39, 0.29) is 35.9 Å². The standard InChI is InChI=1S/C18H20N2O6/c1-4-26-18(22)16-12(2)19(8-9-25-3)17(21)15(16)11-13-6-5-7-14(10-13)20(23)24/h5-7,10-11H,4,8-9H2,1-3H3/b15-11-. The average Bonchev–Trinajstić information content (AvgIpc) is 2.84. The maximum absolute atomic E-state index is 12.8. The topological polar surface area (TPSA) is 99.0 Å². The Balaban J connectivity index is 2.49. The number of hydrogen-bond donors (Lipinski definition) is 0. The molecule has 0 saturated carbocycles. The van der Waals surface area contributed by atoms with Crippen LogP contribution in [0.3, 0.4) is 0 Å². The lowest BCUT2D eigenvalue weighted by Crippen LogP contribution is -2.28. The molecule has 0 radical (unpaired) electrons. The van der Waals surface area contributed by atoms with Crippen LogP contribution in [-0.4, -0.2) is 48.6 Å². The second kappa shape index (κ2) is 8.39. The highest BCUT2D eigenvalue weighted by atomic mass is 16.6. The third-order valence-electron chi connectivity index (χ3n) is 3.90. The van der Waals surface area contributed by atoms with E-state index in [2.05, 4.69) is 0 Å². The fourth-order valence-corrected chi connectivity index (χ4v) is 2.68.